The number of aromatic nitrogens is 3. The van der Waals surface area contributed by atoms with E-state index in [1.165, 1.54) is 27.0 Å². The highest BCUT2D eigenvalue weighted by Crippen LogP contribution is 2.43. The minimum absolute atomic E-state index is 0.157. The van der Waals surface area contributed by atoms with Crippen molar-refractivity contribution in [2.24, 2.45) is 0 Å². The minimum Gasteiger partial charge on any atom is -0.370 e. The van der Waals surface area contributed by atoms with E-state index < -0.39 is 0 Å². The van der Waals surface area contributed by atoms with Gasteiger partial charge in [-0.05, 0) is 40.0 Å². The summed E-state index contributed by atoms with van der Waals surface area (Å²) in [5.74, 6) is 0.933. The molecule has 4 rings (SSSR count). The van der Waals surface area contributed by atoms with Crippen LogP contribution in [0.5, 0.6) is 0 Å². The van der Waals surface area contributed by atoms with Gasteiger partial charge in [-0.15, -0.1) is 11.3 Å². The highest BCUT2D eigenvalue weighted by Gasteiger charge is 2.31. The Kier molecular flexibility index (Phi) is 5.27. The number of rotatable bonds is 6. The first kappa shape index (κ1) is 19.5. The lowest BCUT2D eigenvalue weighted by Crippen LogP contribution is -2.32. The molecule has 0 aliphatic carbocycles. The summed E-state index contributed by atoms with van der Waals surface area (Å²) in [6.07, 6.45) is 6.87. The van der Waals surface area contributed by atoms with Crippen LogP contribution in [-0.4, -0.2) is 26.6 Å². The van der Waals surface area contributed by atoms with Crippen molar-refractivity contribution in [3.63, 3.8) is 0 Å². The lowest BCUT2D eigenvalue weighted by atomic mass is 9.94. The van der Waals surface area contributed by atoms with Gasteiger partial charge in [-0.1, -0.05) is 20.3 Å². The molecule has 1 N–H and O–H groups in total. The van der Waals surface area contributed by atoms with Gasteiger partial charge in [0.05, 0.1) is 29.0 Å². The highest BCUT2D eigenvalue weighted by atomic mass is 32.1. The fourth-order valence-electron chi connectivity index (χ4n) is 3.83. The molecule has 1 aliphatic rings. The number of aryl methyl sites for hydroxylation is 1. The van der Waals surface area contributed by atoms with Crippen LogP contribution in [0.25, 0.3) is 20.3 Å². The molecule has 1 atom stereocenters. The summed E-state index contributed by atoms with van der Waals surface area (Å²) < 4.78 is 7.43. The Morgan fingerprint density at radius 3 is 2.82 bits per heavy atom. The Balaban J connectivity index is 1.98. The Morgan fingerprint density at radius 2 is 2.07 bits per heavy atom. The van der Waals surface area contributed by atoms with Crippen LogP contribution < -0.4 is 5.32 Å². The number of unbranched alkanes of at least 4 members (excludes halogenated alkanes) is 1. The molecule has 0 saturated carbocycles. The van der Waals surface area contributed by atoms with Crippen LogP contribution >= 0.6 is 11.3 Å². The molecule has 0 unspecified atom stereocenters. The van der Waals surface area contributed by atoms with Crippen molar-refractivity contribution >= 4 is 37.5 Å². The summed E-state index contributed by atoms with van der Waals surface area (Å²) in [6, 6.07) is 0.363. The fraction of sp³-hybridized carbons (Fsp3) is 0.591. The molecule has 3 aromatic heterocycles. The van der Waals surface area contributed by atoms with Crippen LogP contribution in [0.1, 0.15) is 70.8 Å². The summed E-state index contributed by atoms with van der Waals surface area (Å²) in [6.45, 7) is 11.5. The third-order valence-electron chi connectivity index (χ3n) is 5.63. The Hall–Kier alpha value is -1.79. The standard InChI is InChI=1S/C22H30N4OS/c1-6-8-9-15-17-18-20(25-13(3)7-2)23-12-24-21(18)28-19(17)14-11-27-22(4,5)10-16(14)26-15/h12-13H,6-11H2,1-5H3,(H,23,24,25)/t13-/m1/s1. The number of ether oxygens (including phenoxy) is 1. The highest BCUT2D eigenvalue weighted by molar-refractivity contribution is 7.25. The molecule has 150 valence electrons. The van der Waals surface area contributed by atoms with Crippen molar-refractivity contribution in [2.45, 2.75) is 85.0 Å². The summed E-state index contributed by atoms with van der Waals surface area (Å²) in [5, 5.41) is 5.96. The summed E-state index contributed by atoms with van der Waals surface area (Å²) in [5.41, 5.74) is 3.48. The predicted octanol–water partition coefficient (Wildman–Crippen LogP) is 5.64. The molecule has 0 saturated heterocycles. The fourth-order valence-corrected chi connectivity index (χ4v) is 5.04. The maximum Gasteiger partial charge on any atom is 0.139 e. The molecular formula is C22H30N4OS. The number of nitrogens with one attached hydrogen (secondary N) is 1. The van der Waals surface area contributed by atoms with Gasteiger partial charge in [0, 0.05) is 28.1 Å². The van der Waals surface area contributed by atoms with Gasteiger partial charge in [-0.3, -0.25) is 4.98 Å². The monoisotopic (exact) mass is 398 g/mol. The van der Waals surface area contributed by atoms with Crippen LogP contribution in [0.3, 0.4) is 0 Å². The number of hydrogen-bond donors (Lipinski definition) is 1. The topological polar surface area (TPSA) is 59.9 Å². The van der Waals surface area contributed by atoms with E-state index in [4.69, 9.17) is 9.72 Å². The van der Waals surface area contributed by atoms with Gasteiger partial charge in [0.1, 0.15) is 17.0 Å². The Bertz CT molecular complexity index is 1010. The quantitative estimate of drug-likeness (QED) is 0.582. The second-order valence-electron chi connectivity index (χ2n) is 8.47. The second kappa shape index (κ2) is 7.56. The smallest absolute Gasteiger partial charge is 0.139 e. The van der Waals surface area contributed by atoms with Crippen LogP contribution in [0, 0.1) is 0 Å². The molecule has 0 aromatic carbocycles. The van der Waals surface area contributed by atoms with E-state index >= 15 is 0 Å². The first-order valence-corrected chi connectivity index (χ1v) is 11.2. The third-order valence-corrected chi connectivity index (χ3v) is 6.79. The van der Waals surface area contributed by atoms with Crippen molar-refractivity contribution in [3.05, 3.63) is 23.3 Å². The van der Waals surface area contributed by atoms with Crippen molar-refractivity contribution in [3.8, 4) is 0 Å². The number of fused-ring (bicyclic) bond motifs is 5. The van der Waals surface area contributed by atoms with E-state index in [1.54, 1.807) is 17.7 Å². The van der Waals surface area contributed by atoms with Gasteiger partial charge < -0.3 is 10.1 Å². The molecule has 0 spiro atoms. The molecule has 4 heterocycles. The molecule has 1 aliphatic heterocycles. The third kappa shape index (κ3) is 3.48. The molecule has 6 heteroatoms. The van der Waals surface area contributed by atoms with Crippen LogP contribution in [0.2, 0.25) is 0 Å². The number of pyridine rings is 1. The molecule has 5 nitrogen and oxygen atoms in total. The molecule has 0 bridgehead atoms. The van der Waals surface area contributed by atoms with E-state index in [9.17, 15) is 0 Å². The van der Waals surface area contributed by atoms with E-state index in [2.05, 4.69) is 49.9 Å². The Labute approximate surface area is 170 Å². The maximum absolute atomic E-state index is 6.14. The van der Waals surface area contributed by atoms with Gasteiger partial charge >= 0.3 is 0 Å². The number of nitrogens with zero attached hydrogens (tertiary/aromatic N) is 3. The van der Waals surface area contributed by atoms with Gasteiger partial charge in [0.15, 0.2) is 0 Å². The lowest BCUT2D eigenvalue weighted by Gasteiger charge is -2.31. The zero-order valence-electron chi connectivity index (χ0n) is 17.6. The zero-order valence-corrected chi connectivity index (χ0v) is 18.4. The summed E-state index contributed by atoms with van der Waals surface area (Å²) in [4.78, 5) is 15.4. The van der Waals surface area contributed by atoms with Crippen molar-refractivity contribution in [2.75, 3.05) is 5.32 Å². The Morgan fingerprint density at radius 1 is 1.25 bits per heavy atom. The van der Waals surface area contributed by atoms with Crippen molar-refractivity contribution in [1.29, 1.82) is 0 Å². The SMILES string of the molecule is CCCCc1nc2c(c3sc4ncnc(N[C@H](C)CC)c4c13)COC(C)(C)C2. The molecule has 28 heavy (non-hydrogen) atoms. The van der Waals surface area contributed by atoms with Crippen molar-refractivity contribution in [1.82, 2.24) is 15.0 Å². The van der Waals surface area contributed by atoms with E-state index in [-0.39, 0.29) is 5.60 Å². The van der Waals surface area contributed by atoms with E-state index in [1.807, 2.05) is 0 Å². The molecular weight excluding hydrogens is 368 g/mol. The lowest BCUT2D eigenvalue weighted by molar-refractivity contribution is -0.0405. The van der Waals surface area contributed by atoms with Gasteiger partial charge in [-0.2, -0.15) is 0 Å². The van der Waals surface area contributed by atoms with Gasteiger partial charge in [0.2, 0.25) is 0 Å². The number of hydrogen-bond acceptors (Lipinski definition) is 6. The summed E-state index contributed by atoms with van der Waals surface area (Å²) >= 11 is 1.76. The zero-order chi connectivity index (χ0) is 19.9. The molecule has 0 radical (unpaired) electrons. The van der Waals surface area contributed by atoms with Crippen LogP contribution in [0.4, 0.5) is 5.82 Å². The van der Waals surface area contributed by atoms with E-state index in [0.29, 0.717) is 12.6 Å². The van der Waals surface area contributed by atoms with E-state index in [0.717, 1.165) is 48.1 Å². The number of thiophene rings is 1. The molecule has 3 aromatic rings. The van der Waals surface area contributed by atoms with Crippen LogP contribution in [-0.2, 0) is 24.2 Å². The molecule has 0 fully saturated rings. The second-order valence-corrected chi connectivity index (χ2v) is 9.47. The average molecular weight is 399 g/mol. The van der Waals surface area contributed by atoms with Crippen molar-refractivity contribution < 1.29 is 4.74 Å². The molecule has 0 amide bonds. The maximum atomic E-state index is 6.14. The first-order chi connectivity index (χ1) is 13.4. The minimum atomic E-state index is -0.157. The normalized spacial score (nSPS) is 17.0. The average Bonchev–Trinajstić information content (AvgIpc) is 3.05. The largest absolute Gasteiger partial charge is 0.370 e. The predicted molar refractivity (Wildman–Crippen MR) is 117 cm³/mol. The summed E-state index contributed by atoms with van der Waals surface area (Å²) in [7, 11) is 0. The number of anilines is 1. The van der Waals surface area contributed by atoms with Crippen LogP contribution in [0.15, 0.2) is 6.33 Å². The van der Waals surface area contributed by atoms with Gasteiger partial charge in [0.25, 0.3) is 0 Å². The first-order valence-electron chi connectivity index (χ1n) is 10.4. The van der Waals surface area contributed by atoms with Gasteiger partial charge in [-0.25, -0.2) is 9.97 Å².